The predicted octanol–water partition coefficient (Wildman–Crippen LogP) is 2.37. The molecule has 3 N–H and O–H groups in total. The van der Waals surface area contributed by atoms with Crippen molar-refractivity contribution >= 4 is 11.0 Å². The maximum absolute atomic E-state index is 13.4. The minimum Gasteiger partial charge on any atom is -0.342 e. The molecule has 2 aromatic rings. The van der Waals surface area contributed by atoms with E-state index in [9.17, 15) is 8.78 Å². The summed E-state index contributed by atoms with van der Waals surface area (Å²) in [7, 11) is 0. The van der Waals surface area contributed by atoms with Gasteiger partial charge in [-0.05, 0) is 24.9 Å². The third-order valence-corrected chi connectivity index (χ3v) is 2.83. The third-order valence-electron chi connectivity index (χ3n) is 2.83. The summed E-state index contributed by atoms with van der Waals surface area (Å²) in [5.41, 5.74) is 6.11. The molecule has 0 aliphatic heterocycles. The molecule has 2 rings (SSSR count). The number of hydrogen-bond acceptors (Lipinski definition) is 2. The molecule has 92 valence electrons. The Morgan fingerprint density at radius 2 is 2.18 bits per heavy atom. The quantitative estimate of drug-likeness (QED) is 0.860. The number of aryl methyl sites for hydroxylation is 1. The number of fused-ring (bicyclic) bond motifs is 1. The number of nitrogens with one attached hydrogen (secondary N) is 1. The van der Waals surface area contributed by atoms with E-state index in [2.05, 4.69) is 9.97 Å². The van der Waals surface area contributed by atoms with Gasteiger partial charge in [0.25, 0.3) is 0 Å². The summed E-state index contributed by atoms with van der Waals surface area (Å²) in [6.45, 7) is 2.66. The molecule has 0 radical (unpaired) electrons. The van der Waals surface area contributed by atoms with Crippen LogP contribution in [0.15, 0.2) is 12.1 Å². The van der Waals surface area contributed by atoms with Crippen molar-refractivity contribution in [1.29, 1.82) is 0 Å². The lowest BCUT2D eigenvalue weighted by Gasteiger charge is -2.05. The highest BCUT2D eigenvalue weighted by molar-refractivity contribution is 5.75. The minimum atomic E-state index is -0.630. The van der Waals surface area contributed by atoms with Crippen LogP contribution in [0.4, 0.5) is 8.78 Å². The predicted molar refractivity (Wildman–Crippen MR) is 62.5 cm³/mol. The lowest BCUT2D eigenvalue weighted by molar-refractivity contribution is 0.537. The Bertz CT molecular complexity index is 522. The Balaban J connectivity index is 2.23. The van der Waals surface area contributed by atoms with E-state index in [1.165, 1.54) is 6.07 Å². The summed E-state index contributed by atoms with van der Waals surface area (Å²) in [5, 5.41) is 0. The van der Waals surface area contributed by atoms with Gasteiger partial charge in [-0.25, -0.2) is 13.8 Å². The molecule has 5 heteroatoms. The molecule has 1 aromatic carbocycles. The molecule has 1 aromatic heterocycles. The van der Waals surface area contributed by atoms with Gasteiger partial charge in [0.15, 0.2) is 5.82 Å². The highest BCUT2D eigenvalue weighted by atomic mass is 19.1. The Labute approximate surface area is 98.0 Å². The molecular weight excluding hydrogens is 224 g/mol. The second kappa shape index (κ2) is 4.79. The maximum Gasteiger partial charge on any atom is 0.153 e. The Morgan fingerprint density at radius 3 is 2.88 bits per heavy atom. The molecule has 1 heterocycles. The lowest BCUT2D eigenvalue weighted by Crippen LogP contribution is -2.11. The van der Waals surface area contributed by atoms with E-state index in [-0.39, 0.29) is 5.52 Å². The number of hydrogen-bond donors (Lipinski definition) is 2. The van der Waals surface area contributed by atoms with Gasteiger partial charge in [0.1, 0.15) is 17.2 Å². The smallest absolute Gasteiger partial charge is 0.153 e. The van der Waals surface area contributed by atoms with Gasteiger partial charge in [-0.3, -0.25) is 0 Å². The van der Waals surface area contributed by atoms with Crippen LogP contribution in [0.5, 0.6) is 0 Å². The normalized spacial score (nSPS) is 13.2. The number of rotatable bonds is 4. The number of halogens is 2. The van der Waals surface area contributed by atoms with E-state index in [0.717, 1.165) is 12.5 Å². The van der Waals surface area contributed by atoms with E-state index in [1.807, 2.05) is 6.92 Å². The number of nitrogens with zero attached hydrogens (tertiary/aromatic N) is 1. The highest BCUT2D eigenvalue weighted by Crippen LogP contribution is 2.18. The first kappa shape index (κ1) is 12.0. The van der Waals surface area contributed by atoms with Crippen LogP contribution in [0.2, 0.25) is 0 Å². The zero-order valence-electron chi connectivity index (χ0n) is 9.63. The molecular formula is C12H15F2N3. The second-order valence-corrected chi connectivity index (χ2v) is 4.35. The molecule has 1 unspecified atom stereocenters. The van der Waals surface area contributed by atoms with Crippen molar-refractivity contribution in [2.45, 2.75) is 19.8 Å². The van der Waals surface area contributed by atoms with Gasteiger partial charge in [-0.2, -0.15) is 0 Å². The molecule has 0 spiro atoms. The summed E-state index contributed by atoms with van der Waals surface area (Å²) in [6.07, 6.45) is 1.56. The molecule has 0 amide bonds. The van der Waals surface area contributed by atoms with Crippen LogP contribution in [0.3, 0.4) is 0 Å². The molecule has 3 nitrogen and oxygen atoms in total. The first-order valence-corrected chi connectivity index (χ1v) is 5.64. The highest BCUT2D eigenvalue weighted by Gasteiger charge is 2.10. The van der Waals surface area contributed by atoms with Crippen molar-refractivity contribution in [1.82, 2.24) is 9.97 Å². The SMILES string of the molecule is CC(CN)CCc1nc2c(F)cc(F)cc2[nH]1. The fraction of sp³-hybridized carbons (Fsp3) is 0.417. The molecule has 0 fully saturated rings. The topological polar surface area (TPSA) is 54.7 Å². The Kier molecular flexibility index (Phi) is 3.38. The fourth-order valence-electron chi connectivity index (χ4n) is 1.71. The van der Waals surface area contributed by atoms with E-state index in [0.29, 0.717) is 30.2 Å². The average Bonchev–Trinajstić information content (AvgIpc) is 2.69. The molecule has 1 atom stereocenters. The molecule has 0 bridgehead atoms. The zero-order valence-corrected chi connectivity index (χ0v) is 9.63. The number of nitrogens with two attached hydrogens (primary N) is 1. The van der Waals surface area contributed by atoms with Gasteiger partial charge < -0.3 is 10.7 Å². The van der Waals surface area contributed by atoms with Crippen LogP contribution in [-0.2, 0) is 6.42 Å². The molecule has 0 aliphatic rings. The summed E-state index contributed by atoms with van der Waals surface area (Å²) in [6, 6.07) is 2.09. The largest absolute Gasteiger partial charge is 0.342 e. The Morgan fingerprint density at radius 1 is 1.41 bits per heavy atom. The number of imidazole rings is 1. The van der Waals surface area contributed by atoms with Crippen LogP contribution in [0, 0.1) is 17.6 Å². The number of aromatic amines is 1. The van der Waals surface area contributed by atoms with Crippen molar-refractivity contribution in [2.75, 3.05) is 6.54 Å². The van der Waals surface area contributed by atoms with E-state index in [1.54, 1.807) is 0 Å². The number of H-pyrrole nitrogens is 1. The first-order valence-electron chi connectivity index (χ1n) is 5.64. The monoisotopic (exact) mass is 239 g/mol. The van der Waals surface area contributed by atoms with Gasteiger partial charge in [-0.1, -0.05) is 6.92 Å². The summed E-state index contributed by atoms with van der Waals surface area (Å²) < 4.78 is 26.4. The van der Waals surface area contributed by atoms with Crippen molar-refractivity contribution in [3.8, 4) is 0 Å². The summed E-state index contributed by atoms with van der Waals surface area (Å²) in [5.74, 6) is -0.163. The van der Waals surface area contributed by atoms with E-state index < -0.39 is 11.6 Å². The molecule has 0 aliphatic carbocycles. The Hall–Kier alpha value is -1.49. The lowest BCUT2D eigenvalue weighted by atomic mass is 10.1. The van der Waals surface area contributed by atoms with Crippen LogP contribution < -0.4 is 5.73 Å². The minimum absolute atomic E-state index is 0.196. The van der Waals surface area contributed by atoms with Crippen molar-refractivity contribution in [3.05, 3.63) is 29.6 Å². The van der Waals surface area contributed by atoms with Crippen molar-refractivity contribution in [2.24, 2.45) is 11.7 Å². The fourth-order valence-corrected chi connectivity index (χ4v) is 1.71. The zero-order chi connectivity index (χ0) is 12.4. The van der Waals surface area contributed by atoms with Gasteiger partial charge in [0, 0.05) is 12.5 Å². The van der Waals surface area contributed by atoms with E-state index in [4.69, 9.17) is 5.73 Å². The van der Waals surface area contributed by atoms with E-state index >= 15 is 0 Å². The van der Waals surface area contributed by atoms with Crippen LogP contribution in [0.1, 0.15) is 19.2 Å². The van der Waals surface area contributed by atoms with Gasteiger partial charge in [0.05, 0.1) is 5.52 Å². The maximum atomic E-state index is 13.4. The van der Waals surface area contributed by atoms with Crippen LogP contribution in [-0.4, -0.2) is 16.5 Å². The number of benzene rings is 1. The first-order chi connectivity index (χ1) is 8.10. The van der Waals surface area contributed by atoms with Gasteiger partial charge in [-0.15, -0.1) is 0 Å². The third kappa shape index (κ3) is 2.61. The summed E-state index contributed by atoms with van der Waals surface area (Å²) >= 11 is 0. The van der Waals surface area contributed by atoms with Crippen LogP contribution in [0.25, 0.3) is 11.0 Å². The van der Waals surface area contributed by atoms with Gasteiger partial charge in [0.2, 0.25) is 0 Å². The van der Waals surface area contributed by atoms with Crippen molar-refractivity contribution in [3.63, 3.8) is 0 Å². The van der Waals surface area contributed by atoms with Gasteiger partial charge >= 0.3 is 0 Å². The molecule has 0 saturated heterocycles. The average molecular weight is 239 g/mol. The second-order valence-electron chi connectivity index (χ2n) is 4.35. The molecule has 17 heavy (non-hydrogen) atoms. The summed E-state index contributed by atoms with van der Waals surface area (Å²) in [4.78, 5) is 7.05. The van der Waals surface area contributed by atoms with Crippen LogP contribution >= 0.6 is 0 Å². The number of aromatic nitrogens is 2. The molecule has 0 saturated carbocycles. The standard InChI is InChI=1S/C12H15F2N3/c1-7(6-15)2-3-11-16-10-5-8(13)4-9(14)12(10)17-11/h4-5,7H,2-3,6,15H2,1H3,(H,16,17). The van der Waals surface area contributed by atoms with Crippen molar-refractivity contribution < 1.29 is 8.78 Å².